The Balaban J connectivity index is 2.97. The van der Waals surface area contributed by atoms with Gasteiger partial charge in [0, 0.05) is 6.07 Å². The van der Waals surface area contributed by atoms with E-state index in [1.54, 1.807) is 0 Å². The molecular weight excluding hydrogens is 239 g/mol. The predicted molar refractivity (Wildman–Crippen MR) is 42.9 cm³/mol. The van der Waals surface area contributed by atoms with Crippen molar-refractivity contribution >= 4 is 17.6 Å². The van der Waals surface area contributed by atoms with Crippen LogP contribution in [0.1, 0.15) is 10.5 Å². The van der Waals surface area contributed by atoms with E-state index in [0.29, 0.717) is 6.20 Å². The molecule has 0 aliphatic heterocycles. The second-order valence-corrected chi connectivity index (χ2v) is 2.76. The van der Waals surface area contributed by atoms with Gasteiger partial charge in [-0.1, -0.05) is 11.6 Å². The maximum absolute atomic E-state index is 11.7. The van der Waals surface area contributed by atoms with Crippen LogP contribution in [-0.4, -0.2) is 22.4 Å². The van der Waals surface area contributed by atoms with Crippen LogP contribution < -0.4 is 4.74 Å². The Labute approximate surface area is 86.3 Å². The van der Waals surface area contributed by atoms with Gasteiger partial charge in [-0.15, -0.1) is 13.2 Å². The first kappa shape index (κ1) is 11.6. The van der Waals surface area contributed by atoms with Gasteiger partial charge in [0.1, 0.15) is 5.75 Å². The smallest absolute Gasteiger partial charge is 0.476 e. The number of aromatic nitrogens is 1. The summed E-state index contributed by atoms with van der Waals surface area (Å²) < 4.78 is 38.6. The van der Waals surface area contributed by atoms with E-state index >= 15 is 0 Å². The molecule has 0 fully saturated rings. The first-order valence-corrected chi connectivity index (χ1v) is 3.82. The monoisotopic (exact) mass is 241 g/mol. The fourth-order valence-corrected chi connectivity index (χ4v) is 1.00. The summed E-state index contributed by atoms with van der Waals surface area (Å²) in [4.78, 5) is 13.6. The van der Waals surface area contributed by atoms with Gasteiger partial charge in [0.05, 0.1) is 11.2 Å². The van der Waals surface area contributed by atoms with Gasteiger partial charge in [0.25, 0.3) is 0 Å². The summed E-state index contributed by atoms with van der Waals surface area (Å²) in [5.41, 5.74) is -0.536. The lowest BCUT2D eigenvalue weighted by Gasteiger charge is -2.08. The van der Waals surface area contributed by atoms with Gasteiger partial charge in [-0.25, -0.2) is 9.78 Å². The van der Waals surface area contributed by atoms with Gasteiger partial charge in [0.2, 0.25) is 0 Å². The van der Waals surface area contributed by atoms with Gasteiger partial charge in [-0.2, -0.15) is 0 Å². The molecule has 1 rings (SSSR count). The van der Waals surface area contributed by atoms with Crippen molar-refractivity contribution < 1.29 is 27.8 Å². The van der Waals surface area contributed by atoms with Gasteiger partial charge < -0.3 is 9.84 Å². The average Bonchev–Trinajstić information content (AvgIpc) is 1.99. The number of pyridine rings is 1. The van der Waals surface area contributed by atoms with Crippen LogP contribution in [0.2, 0.25) is 5.02 Å². The molecular formula is C7H3ClF3NO3. The van der Waals surface area contributed by atoms with Crippen LogP contribution in [0.4, 0.5) is 13.2 Å². The van der Waals surface area contributed by atoms with Crippen molar-refractivity contribution in [2.45, 2.75) is 6.36 Å². The van der Waals surface area contributed by atoms with Gasteiger partial charge in [-0.3, -0.25) is 0 Å². The lowest BCUT2D eigenvalue weighted by Crippen LogP contribution is -2.17. The minimum Gasteiger partial charge on any atom is -0.476 e. The van der Waals surface area contributed by atoms with Crippen LogP contribution in [0.15, 0.2) is 12.3 Å². The number of carboxylic acid groups (broad SMARTS) is 1. The number of hydrogen-bond donors (Lipinski definition) is 1. The minimum absolute atomic E-state index is 0.427. The van der Waals surface area contributed by atoms with E-state index in [4.69, 9.17) is 16.7 Å². The molecule has 8 heteroatoms. The number of rotatable bonds is 2. The van der Waals surface area contributed by atoms with Crippen LogP contribution >= 0.6 is 11.6 Å². The van der Waals surface area contributed by atoms with E-state index < -0.39 is 28.8 Å². The Hall–Kier alpha value is -1.50. The zero-order valence-electron chi connectivity index (χ0n) is 6.88. The van der Waals surface area contributed by atoms with Crippen LogP contribution in [0, 0.1) is 0 Å². The Kier molecular flexibility index (Phi) is 3.04. The number of carboxylic acids is 1. The van der Waals surface area contributed by atoms with E-state index in [0.717, 1.165) is 6.07 Å². The van der Waals surface area contributed by atoms with E-state index in [1.807, 2.05) is 0 Å². The SMILES string of the molecule is O=C(O)c1ncc(OC(F)(F)F)cc1Cl. The number of carbonyl (C=O) groups is 1. The van der Waals surface area contributed by atoms with E-state index in [2.05, 4.69) is 9.72 Å². The number of nitrogens with zero attached hydrogens (tertiary/aromatic N) is 1. The van der Waals surface area contributed by atoms with E-state index in [9.17, 15) is 18.0 Å². The van der Waals surface area contributed by atoms with E-state index in [1.165, 1.54) is 0 Å². The standard InChI is InChI=1S/C7H3ClF3NO3/c8-4-1-3(15-7(9,10)11)2-12-5(4)6(13)14/h1-2H,(H,13,14). The van der Waals surface area contributed by atoms with Gasteiger partial charge >= 0.3 is 12.3 Å². The summed E-state index contributed by atoms with van der Waals surface area (Å²) in [6.07, 6.45) is -4.24. The highest BCUT2D eigenvalue weighted by Gasteiger charge is 2.31. The summed E-state index contributed by atoms with van der Waals surface area (Å²) in [6, 6.07) is 0.728. The van der Waals surface area contributed by atoms with Crippen molar-refractivity contribution in [2.75, 3.05) is 0 Å². The van der Waals surface area contributed by atoms with Crippen molar-refractivity contribution in [3.05, 3.63) is 23.0 Å². The third kappa shape index (κ3) is 3.28. The molecule has 0 radical (unpaired) electrons. The summed E-state index contributed by atoms with van der Waals surface area (Å²) in [5.74, 6) is -2.10. The molecule has 0 aliphatic carbocycles. The summed E-state index contributed by atoms with van der Waals surface area (Å²) in [5, 5.41) is 8.05. The lowest BCUT2D eigenvalue weighted by atomic mass is 10.3. The molecule has 0 saturated carbocycles. The topological polar surface area (TPSA) is 59.4 Å². The molecule has 1 N–H and O–H groups in total. The lowest BCUT2D eigenvalue weighted by molar-refractivity contribution is -0.274. The molecule has 0 atom stereocenters. The Morgan fingerprint density at radius 3 is 2.53 bits per heavy atom. The van der Waals surface area contributed by atoms with E-state index in [-0.39, 0.29) is 0 Å². The maximum Gasteiger partial charge on any atom is 0.573 e. The van der Waals surface area contributed by atoms with Crippen LogP contribution in [0.25, 0.3) is 0 Å². The molecule has 0 spiro atoms. The Morgan fingerprint density at radius 1 is 1.53 bits per heavy atom. The molecule has 82 valence electrons. The largest absolute Gasteiger partial charge is 0.573 e. The first-order valence-electron chi connectivity index (χ1n) is 3.44. The fourth-order valence-electron chi connectivity index (χ4n) is 0.767. The van der Waals surface area contributed by atoms with Crippen molar-refractivity contribution in [3.8, 4) is 5.75 Å². The van der Waals surface area contributed by atoms with Gasteiger partial charge in [-0.05, 0) is 0 Å². The molecule has 0 amide bonds. The normalized spacial score (nSPS) is 11.2. The molecule has 0 aromatic carbocycles. The van der Waals surface area contributed by atoms with Gasteiger partial charge in [0.15, 0.2) is 5.69 Å². The number of ether oxygens (including phenoxy) is 1. The average molecular weight is 242 g/mol. The third-order valence-corrected chi connectivity index (χ3v) is 1.54. The van der Waals surface area contributed by atoms with Crippen LogP contribution in [0.5, 0.6) is 5.75 Å². The summed E-state index contributed by atoms with van der Waals surface area (Å²) >= 11 is 5.36. The number of aromatic carboxylic acids is 1. The fraction of sp³-hybridized carbons (Fsp3) is 0.143. The molecule has 0 aliphatic rings. The number of hydrogen-bond acceptors (Lipinski definition) is 3. The summed E-state index contributed by atoms with van der Waals surface area (Å²) in [7, 11) is 0. The van der Waals surface area contributed by atoms with Crippen molar-refractivity contribution in [1.82, 2.24) is 4.98 Å². The zero-order chi connectivity index (χ0) is 11.6. The number of alkyl halides is 3. The molecule has 1 aromatic heterocycles. The third-order valence-electron chi connectivity index (χ3n) is 1.25. The molecule has 0 unspecified atom stereocenters. The predicted octanol–water partition coefficient (Wildman–Crippen LogP) is 2.33. The second-order valence-electron chi connectivity index (χ2n) is 2.35. The molecule has 4 nitrogen and oxygen atoms in total. The molecule has 0 saturated heterocycles. The number of halogens is 4. The molecule has 1 heterocycles. The highest BCUT2D eigenvalue weighted by atomic mass is 35.5. The first-order chi connectivity index (χ1) is 6.79. The van der Waals surface area contributed by atoms with Crippen molar-refractivity contribution in [1.29, 1.82) is 0 Å². The zero-order valence-corrected chi connectivity index (χ0v) is 7.63. The highest BCUT2D eigenvalue weighted by molar-refractivity contribution is 6.33. The second kappa shape index (κ2) is 3.93. The molecule has 0 bridgehead atoms. The minimum atomic E-state index is -4.87. The Morgan fingerprint density at radius 2 is 2.13 bits per heavy atom. The van der Waals surface area contributed by atoms with Crippen molar-refractivity contribution in [2.24, 2.45) is 0 Å². The molecule has 1 aromatic rings. The highest BCUT2D eigenvalue weighted by Crippen LogP contribution is 2.25. The van der Waals surface area contributed by atoms with Crippen LogP contribution in [-0.2, 0) is 0 Å². The summed E-state index contributed by atoms with van der Waals surface area (Å²) in [6.45, 7) is 0. The van der Waals surface area contributed by atoms with Crippen LogP contribution in [0.3, 0.4) is 0 Å². The van der Waals surface area contributed by atoms with Crippen molar-refractivity contribution in [3.63, 3.8) is 0 Å². The Bertz CT molecular complexity index is 394. The quantitative estimate of drug-likeness (QED) is 0.863. The maximum atomic E-state index is 11.7. The molecule has 15 heavy (non-hydrogen) atoms.